The molecule has 1 aromatic carbocycles. The minimum absolute atomic E-state index is 0.251. The maximum atomic E-state index is 12.5. The lowest BCUT2D eigenvalue weighted by atomic mass is 10.1. The van der Waals surface area contributed by atoms with Crippen LogP contribution in [0.3, 0.4) is 0 Å². The van der Waals surface area contributed by atoms with Crippen LogP contribution in [-0.4, -0.2) is 33.2 Å². The van der Waals surface area contributed by atoms with E-state index in [-0.39, 0.29) is 12.5 Å². The van der Waals surface area contributed by atoms with Gasteiger partial charge >= 0.3 is 0 Å². The van der Waals surface area contributed by atoms with Crippen LogP contribution in [-0.2, 0) is 17.9 Å². The van der Waals surface area contributed by atoms with Gasteiger partial charge in [-0.05, 0) is 5.56 Å². The number of rotatable bonds is 6. The van der Waals surface area contributed by atoms with Crippen molar-refractivity contribution < 1.29 is 9.53 Å². The van der Waals surface area contributed by atoms with Gasteiger partial charge in [-0.15, -0.1) is 11.3 Å². The zero-order chi connectivity index (χ0) is 16.1. The van der Waals surface area contributed by atoms with Gasteiger partial charge in [0.15, 0.2) is 0 Å². The number of H-pyrrole nitrogens is 1. The summed E-state index contributed by atoms with van der Waals surface area (Å²) in [6, 6.07) is 9.71. The minimum Gasteiger partial charge on any atom is -0.378 e. The monoisotopic (exact) mass is 329 g/mol. The lowest BCUT2D eigenvalue weighted by Crippen LogP contribution is -2.24. The first-order valence-corrected chi connectivity index (χ1v) is 7.76. The number of thiazole rings is 1. The van der Waals surface area contributed by atoms with E-state index in [9.17, 15) is 4.79 Å². The van der Waals surface area contributed by atoms with Gasteiger partial charge in [0.05, 0.1) is 18.0 Å². The highest BCUT2D eigenvalue weighted by molar-refractivity contribution is 7.15. The average molecular weight is 329 g/mol. The van der Waals surface area contributed by atoms with Crippen LogP contribution in [0.1, 0.15) is 21.3 Å². The van der Waals surface area contributed by atoms with Gasteiger partial charge in [-0.1, -0.05) is 30.3 Å². The van der Waals surface area contributed by atoms with E-state index < -0.39 is 0 Å². The van der Waals surface area contributed by atoms with Gasteiger partial charge in [0.2, 0.25) is 0 Å². The molecule has 3 aromatic rings. The first-order chi connectivity index (χ1) is 11.3. The quantitative estimate of drug-likeness (QED) is 0.721. The van der Waals surface area contributed by atoms with Crippen LogP contribution in [0.5, 0.6) is 0 Å². The Hall–Kier alpha value is -2.58. The Bertz CT molecular complexity index is 771. The van der Waals surface area contributed by atoms with Crippen molar-refractivity contribution in [2.45, 2.75) is 13.2 Å². The van der Waals surface area contributed by atoms with Crippen LogP contribution in [0.4, 0.5) is 0 Å². The number of benzene rings is 1. The normalized spacial score (nSPS) is 10.7. The van der Waals surface area contributed by atoms with Gasteiger partial charge in [0, 0.05) is 7.11 Å². The lowest BCUT2D eigenvalue weighted by molar-refractivity contribution is 0.0945. The number of aromatic nitrogens is 4. The van der Waals surface area contributed by atoms with Crippen molar-refractivity contribution in [1.29, 1.82) is 0 Å². The Labute approximate surface area is 136 Å². The number of aromatic amines is 1. The summed E-state index contributed by atoms with van der Waals surface area (Å²) in [6.07, 6.45) is 1.40. The maximum absolute atomic E-state index is 12.5. The molecule has 7 nitrogen and oxygen atoms in total. The number of amides is 1. The summed E-state index contributed by atoms with van der Waals surface area (Å²) < 4.78 is 5.12. The highest BCUT2D eigenvalue weighted by Gasteiger charge is 2.19. The van der Waals surface area contributed by atoms with Crippen LogP contribution >= 0.6 is 11.3 Å². The smallest absolute Gasteiger partial charge is 0.271 e. The van der Waals surface area contributed by atoms with Crippen molar-refractivity contribution in [2.24, 2.45) is 0 Å². The number of carbonyl (C=O) groups is 1. The zero-order valence-electron chi connectivity index (χ0n) is 12.4. The van der Waals surface area contributed by atoms with Crippen molar-refractivity contribution in [3.05, 3.63) is 53.2 Å². The number of nitrogens with one attached hydrogen (secondary N) is 2. The number of hydrogen-bond acceptors (Lipinski definition) is 6. The van der Waals surface area contributed by atoms with Gasteiger partial charge in [-0.2, -0.15) is 5.10 Å². The largest absolute Gasteiger partial charge is 0.378 e. The van der Waals surface area contributed by atoms with E-state index in [1.165, 1.54) is 17.7 Å². The lowest BCUT2D eigenvalue weighted by Gasteiger charge is -2.03. The van der Waals surface area contributed by atoms with Crippen LogP contribution in [0, 0.1) is 0 Å². The Balaban J connectivity index is 1.85. The van der Waals surface area contributed by atoms with Crippen molar-refractivity contribution in [3.63, 3.8) is 0 Å². The molecule has 0 unspecified atom stereocenters. The molecule has 8 heteroatoms. The predicted octanol–water partition coefficient (Wildman–Crippen LogP) is 2.00. The summed E-state index contributed by atoms with van der Waals surface area (Å²) in [4.78, 5) is 21.7. The minimum atomic E-state index is -0.251. The summed E-state index contributed by atoms with van der Waals surface area (Å²) in [5.74, 6) is 0.339. The van der Waals surface area contributed by atoms with Crippen LogP contribution < -0.4 is 5.32 Å². The number of carbonyl (C=O) groups excluding carboxylic acids is 1. The first-order valence-electron chi connectivity index (χ1n) is 6.94. The standard InChI is InChI=1S/C15H15N5O2S/c1-22-8-12-19-13(14(23-12)10-5-3-2-4-6-10)15(21)16-7-11-17-9-18-20-11/h2-6,9H,7-8H2,1H3,(H,16,21)(H,17,18,20). The second kappa shape index (κ2) is 7.12. The second-order valence-electron chi connectivity index (χ2n) is 4.70. The average Bonchev–Trinajstić information content (AvgIpc) is 3.23. The molecule has 2 heterocycles. The molecule has 0 saturated carbocycles. The zero-order valence-corrected chi connectivity index (χ0v) is 13.3. The molecule has 0 bridgehead atoms. The molecular formula is C15H15N5O2S. The van der Waals surface area contributed by atoms with E-state index in [1.54, 1.807) is 7.11 Å². The van der Waals surface area contributed by atoms with E-state index in [0.717, 1.165) is 15.4 Å². The van der Waals surface area contributed by atoms with Crippen molar-refractivity contribution in [2.75, 3.05) is 7.11 Å². The number of nitrogens with zero attached hydrogens (tertiary/aromatic N) is 3. The molecule has 1 amide bonds. The molecule has 0 aliphatic rings. The Kier molecular flexibility index (Phi) is 4.74. The summed E-state index contributed by atoms with van der Waals surface area (Å²) in [5.41, 5.74) is 1.35. The Morgan fingerprint density at radius 3 is 2.87 bits per heavy atom. The second-order valence-corrected chi connectivity index (χ2v) is 5.78. The topological polar surface area (TPSA) is 92.8 Å². The molecule has 23 heavy (non-hydrogen) atoms. The van der Waals surface area contributed by atoms with Crippen molar-refractivity contribution in [3.8, 4) is 10.4 Å². The molecule has 3 rings (SSSR count). The molecule has 2 N–H and O–H groups in total. The molecule has 0 spiro atoms. The van der Waals surface area contributed by atoms with Gasteiger partial charge < -0.3 is 10.1 Å². The molecule has 118 valence electrons. The van der Waals surface area contributed by atoms with E-state index >= 15 is 0 Å². The van der Waals surface area contributed by atoms with E-state index in [1.807, 2.05) is 30.3 Å². The molecule has 0 saturated heterocycles. The van der Waals surface area contributed by atoms with Gasteiger partial charge in [0.25, 0.3) is 5.91 Å². The maximum Gasteiger partial charge on any atom is 0.271 e. The van der Waals surface area contributed by atoms with Crippen molar-refractivity contribution >= 4 is 17.2 Å². The van der Waals surface area contributed by atoms with E-state index in [4.69, 9.17) is 4.74 Å². The van der Waals surface area contributed by atoms with Crippen LogP contribution in [0.25, 0.3) is 10.4 Å². The van der Waals surface area contributed by atoms with Gasteiger partial charge in [-0.3, -0.25) is 9.89 Å². The number of methoxy groups -OCH3 is 1. The van der Waals surface area contributed by atoms with Gasteiger partial charge in [0.1, 0.15) is 22.9 Å². The number of hydrogen-bond donors (Lipinski definition) is 2. The fourth-order valence-electron chi connectivity index (χ4n) is 2.05. The first kappa shape index (κ1) is 15.3. The summed E-state index contributed by atoms with van der Waals surface area (Å²) in [6.45, 7) is 0.643. The molecule has 0 fully saturated rings. The third-order valence-corrected chi connectivity index (χ3v) is 4.15. The number of ether oxygens (including phenoxy) is 1. The highest BCUT2D eigenvalue weighted by atomic mass is 32.1. The summed E-state index contributed by atoms with van der Waals surface area (Å²) in [5, 5.41) is 10.0. The summed E-state index contributed by atoms with van der Waals surface area (Å²) in [7, 11) is 1.60. The molecule has 0 aliphatic heterocycles. The third kappa shape index (κ3) is 3.61. The molecule has 0 aliphatic carbocycles. The Morgan fingerprint density at radius 1 is 1.35 bits per heavy atom. The third-order valence-electron chi connectivity index (χ3n) is 3.07. The Morgan fingerprint density at radius 2 is 2.17 bits per heavy atom. The molecule has 2 aromatic heterocycles. The predicted molar refractivity (Wildman–Crippen MR) is 85.8 cm³/mol. The van der Waals surface area contributed by atoms with Crippen molar-refractivity contribution in [1.82, 2.24) is 25.5 Å². The molecule has 0 radical (unpaired) electrons. The highest BCUT2D eigenvalue weighted by Crippen LogP contribution is 2.30. The van der Waals surface area contributed by atoms with E-state index in [2.05, 4.69) is 25.5 Å². The van der Waals surface area contributed by atoms with Gasteiger partial charge in [-0.25, -0.2) is 9.97 Å². The van der Waals surface area contributed by atoms with Crippen LogP contribution in [0.15, 0.2) is 36.7 Å². The fraction of sp³-hybridized carbons (Fsp3) is 0.200. The fourth-order valence-corrected chi connectivity index (χ4v) is 3.09. The summed E-state index contributed by atoms with van der Waals surface area (Å²) >= 11 is 1.46. The SMILES string of the molecule is COCc1nc(C(=O)NCc2ncn[nH]2)c(-c2ccccc2)s1. The molecule has 0 atom stereocenters. The van der Waals surface area contributed by atoms with Crippen LogP contribution in [0.2, 0.25) is 0 Å². The molecular weight excluding hydrogens is 314 g/mol. The van der Waals surface area contributed by atoms with E-state index in [0.29, 0.717) is 18.1 Å².